The second-order valence-corrected chi connectivity index (χ2v) is 6.67. The highest BCUT2D eigenvalue weighted by molar-refractivity contribution is 5.86. The van der Waals surface area contributed by atoms with E-state index in [9.17, 15) is 0 Å². The number of aryl methyl sites for hydroxylation is 1. The molecule has 0 spiro atoms. The van der Waals surface area contributed by atoms with Gasteiger partial charge in [-0.2, -0.15) is 0 Å². The molecule has 0 atom stereocenters. The molecule has 3 aromatic rings. The van der Waals surface area contributed by atoms with Crippen molar-refractivity contribution >= 4 is 22.1 Å². The number of benzene rings is 2. The molecular formula is C18H22N3+. The van der Waals surface area contributed by atoms with E-state index in [0.717, 1.165) is 39.5 Å². The van der Waals surface area contributed by atoms with Crippen molar-refractivity contribution in [2.24, 2.45) is 0 Å². The molecule has 0 amide bonds. The van der Waals surface area contributed by atoms with Gasteiger partial charge in [-0.05, 0) is 36.2 Å². The zero-order chi connectivity index (χ0) is 15.0. The van der Waals surface area contributed by atoms with Crippen LogP contribution in [0.1, 0.15) is 18.1 Å². The minimum absolute atomic E-state index is 0.909. The largest absolute Gasteiger partial charge is 0.327 e. The fourth-order valence-corrected chi connectivity index (χ4v) is 2.63. The van der Waals surface area contributed by atoms with Gasteiger partial charge in [-0.3, -0.25) is 0 Å². The third-order valence-corrected chi connectivity index (χ3v) is 3.63. The number of quaternary nitrogens is 1. The summed E-state index contributed by atoms with van der Waals surface area (Å²) in [5.41, 5.74) is 6.52. The van der Waals surface area contributed by atoms with E-state index in [-0.39, 0.29) is 0 Å². The lowest BCUT2D eigenvalue weighted by atomic mass is 10.1. The Morgan fingerprint density at radius 3 is 1.86 bits per heavy atom. The van der Waals surface area contributed by atoms with Crippen molar-refractivity contribution in [1.29, 1.82) is 0 Å². The summed E-state index contributed by atoms with van der Waals surface area (Å²) in [7, 11) is 6.59. The molecule has 3 nitrogen and oxygen atoms in total. The van der Waals surface area contributed by atoms with Gasteiger partial charge in [0.1, 0.15) is 6.54 Å². The zero-order valence-electron chi connectivity index (χ0n) is 13.2. The van der Waals surface area contributed by atoms with E-state index in [4.69, 9.17) is 9.97 Å². The van der Waals surface area contributed by atoms with Crippen LogP contribution in [0.3, 0.4) is 0 Å². The molecule has 0 N–H and O–H groups in total. The Labute approximate surface area is 125 Å². The molecule has 0 unspecified atom stereocenters. The normalized spacial score (nSPS) is 12.2. The first-order valence-electron chi connectivity index (χ1n) is 7.44. The highest BCUT2D eigenvalue weighted by Crippen LogP contribution is 2.20. The maximum atomic E-state index is 4.81. The molecule has 0 saturated heterocycles. The van der Waals surface area contributed by atoms with Gasteiger partial charge in [-0.25, -0.2) is 9.97 Å². The topological polar surface area (TPSA) is 25.8 Å². The third-order valence-electron chi connectivity index (χ3n) is 3.63. The second kappa shape index (κ2) is 5.08. The van der Waals surface area contributed by atoms with Crippen molar-refractivity contribution in [1.82, 2.24) is 9.97 Å². The van der Waals surface area contributed by atoms with E-state index in [2.05, 4.69) is 64.5 Å². The number of fused-ring (bicyclic) bond motifs is 2. The molecule has 1 aromatic heterocycles. The number of hydrogen-bond acceptors (Lipinski definition) is 2. The lowest BCUT2D eigenvalue weighted by molar-refractivity contribution is -0.883. The average molecular weight is 280 g/mol. The predicted molar refractivity (Wildman–Crippen MR) is 88.2 cm³/mol. The molecule has 0 bridgehead atoms. The first kappa shape index (κ1) is 14.0. The van der Waals surface area contributed by atoms with Crippen LogP contribution in [0.15, 0.2) is 36.4 Å². The van der Waals surface area contributed by atoms with Crippen molar-refractivity contribution in [3.05, 3.63) is 47.5 Å². The van der Waals surface area contributed by atoms with Crippen LogP contribution in [0.2, 0.25) is 0 Å². The Morgan fingerprint density at radius 2 is 1.29 bits per heavy atom. The minimum atomic E-state index is 0.909. The molecule has 1 heterocycles. The Balaban J connectivity index is 2.13. The van der Waals surface area contributed by atoms with Crippen molar-refractivity contribution in [3.63, 3.8) is 0 Å². The van der Waals surface area contributed by atoms with E-state index < -0.39 is 0 Å². The molecule has 0 aliphatic carbocycles. The van der Waals surface area contributed by atoms with Crippen LogP contribution in [0.4, 0.5) is 0 Å². The van der Waals surface area contributed by atoms with Gasteiger partial charge in [-0.1, -0.05) is 19.1 Å². The molecule has 0 aliphatic heterocycles. The standard InChI is InChI=1S/C18H22N3/c1-5-13-6-8-15-17(10-13)20-18-11-14(12-21(2,3)4)7-9-16(18)19-15/h6-11H,5,12H2,1-4H3/q+1. The van der Waals surface area contributed by atoms with Gasteiger partial charge in [0, 0.05) is 5.56 Å². The first-order valence-corrected chi connectivity index (χ1v) is 7.44. The summed E-state index contributed by atoms with van der Waals surface area (Å²) in [6, 6.07) is 12.8. The quantitative estimate of drug-likeness (QED) is 0.541. The monoisotopic (exact) mass is 280 g/mol. The highest BCUT2D eigenvalue weighted by Gasteiger charge is 2.10. The summed E-state index contributed by atoms with van der Waals surface area (Å²) >= 11 is 0. The molecule has 2 aromatic carbocycles. The molecular weight excluding hydrogens is 258 g/mol. The lowest BCUT2D eigenvalue weighted by Crippen LogP contribution is -2.33. The van der Waals surface area contributed by atoms with Crippen LogP contribution in [0, 0.1) is 0 Å². The zero-order valence-corrected chi connectivity index (χ0v) is 13.2. The van der Waals surface area contributed by atoms with E-state index in [0.29, 0.717) is 0 Å². The third kappa shape index (κ3) is 3.03. The van der Waals surface area contributed by atoms with Gasteiger partial charge in [0.25, 0.3) is 0 Å². The van der Waals surface area contributed by atoms with Crippen LogP contribution in [-0.4, -0.2) is 35.6 Å². The van der Waals surface area contributed by atoms with Gasteiger partial charge in [0.2, 0.25) is 0 Å². The molecule has 0 aliphatic rings. The summed E-state index contributed by atoms with van der Waals surface area (Å²) in [5, 5.41) is 0. The minimum Gasteiger partial charge on any atom is -0.327 e. The molecule has 0 radical (unpaired) electrons. The lowest BCUT2D eigenvalue weighted by Gasteiger charge is -2.23. The maximum absolute atomic E-state index is 4.81. The van der Waals surface area contributed by atoms with E-state index >= 15 is 0 Å². The van der Waals surface area contributed by atoms with Crippen molar-refractivity contribution in [2.75, 3.05) is 21.1 Å². The Kier molecular flexibility index (Phi) is 3.38. The highest BCUT2D eigenvalue weighted by atomic mass is 15.3. The first-order chi connectivity index (χ1) is 9.94. The SMILES string of the molecule is CCc1ccc2nc3ccc(C[N+](C)(C)C)cc3nc2c1. The predicted octanol–water partition coefficient (Wildman–Crippen LogP) is 3.55. The van der Waals surface area contributed by atoms with Crippen molar-refractivity contribution < 1.29 is 4.48 Å². The fourth-order valence-electron chi connectivity index (χ4n) is 2.63. The smallest absolute Gasteiger partial charge is 0.104 e. The Bertz CT molecular complexity index is 801. The molecule has 21 heavy (non-hydrogen) atoms. The van der Waals surface area contributed by atoms with Crippen LogP contribution in [-0.2, 0) is 13.0 Å². The summed E-state index contributed by atoms with van der Waals surface area (Å²) in [5.74, 6) is 0. The molecule has 0 fully saturated rings. The molecule has 3 heteroatoms. The summed E-state index contributed by atoms with van der Waals surface area (Å²) < 4.78 is 0.909. The van der Waals surface area contributed by atoms with E-state index in [1.807, 2.05) is 0 Å². The van der Waals surface area contributed by atoms with Gasteiger partial charge in [0.15, 0.2) is 0 Å². The Hall–Kier alpha value is -2.00. The summed E-state index contributed by atoms with van der Waals surface area (Å²) in [6.45, 7) is 3.15. The maximum Gasteiger partial charge on any atom is 0.104 e. The van der Waals surface area contributed by atoms with Gasteiger partial charge >= 0.3 is 0 Å². The molecule has 0 saturated carbocycles. The number of hydrogen-bond donors (Lipinski definition) is 0. The van der Waals surface area contributed by atoms with Gasteiger partial charge in [-0.15, -0.1) is 0 Å². The van der Waals surface area contributed by atoms with Crippen LogP contribution < -0.4 is 0 Å². The van der Waals surface area contributed by atoms with Crippen molar-refractivity contribution in [3.8, 4) is 0 Å². The fraction of sp³-hybridized carbons (Fsp3) is 0.333. The van der Waals surface area contributed by atoms with E-state index in [1.54, 1.807) is 0 Å². The van der Waals surface area contributed by atoms with E-state index in [1.165, 1.54) is 11.1 Å². The number of rotatable bonds is 3. The summed E-state index contributed by atoms with van der Waals surface area (Å²) in [6.07, 6.45) is 1.03. The number of nitrogens with zero attached hydrogens (tertiary/aromatic N) is 3. The van der Waals surface area contributed by atoms with Gasteiger partial charge in [0.05, 0.1) is 43.2 Å². The van der Waals surface area contributed by atoms with Crippen LogP contribution in [0.25, 0.3) is 22.1 Å². The average Bonchev–Trinajstić information content (AvgIpc) is 2.42. The molecule has 3 rings (SSSR count). The van der Waals surface area contributed by atoms with Crippen molar-refractivity contribution in [2.45, 2.75) is 19.9 Å². The van der Waals surface area contributed by atoms with Crippen LogP contribution >= 0.6 is 0 Å². The summed E-state index contributed by atoms with van der Waals surface area (Å²) in [4.78, 5) is 9.53. The Morgan fingerprint density at radius 1 is 0.762 bits per heavy atom. The van der Waals surface area contributed by atoms with Crippen LogP contribution in [0.5, 0.6) is 0 Å². The molecule has 108 valence electrons. The number of aromatic nitrogens is 2. The van der Waals surface area contributed by atoms with Gasteiger partial charge < -0.3 is 4.48 Å². The second-order valence-electron chi connectivity index (χ2n) is 6.67.